The smallest absolute Gasteiger partial charge is 0.0368 e. The molecule has 2 saturated heterocycles. The van der Waals surface area contributed by atoms with Crippen molar-refractivity contribution in [3.8, 4) is 0 Å². The van der Waals surface area contributed by atoms with E-state index in [4.69, 9.17) is 5.73 Å². The highest BCUT2D eigenvalue weighted by Gasteiger charge is 2.28. The Morgan fingerprint density at radius 3 is 2.65 bits per heavy atom. The molecule has 0 amide bonds. The molecule has 3 nitrogen and oxygen atoms in total. The van der Waals surface area contributed by atoms with E-state index in [1.807, 2.05) is 12.1 Å². The number of rotatable bonds is 1. The molecule has 0 radical (unpaired) electrons. The standard InChI is InChI=1S/C14H21N3/c15-12-4-6-13(7-5-12)17-10-9-16-8-2-1-3-14(16)11-17/h4-7,14H,1-3,8-11,15H2/t14-/m1/s1. The van der Waals surface area contributed by atoms with Crippen LogP contribution in [0.2, 0.25) is 0 Å². The molecule has 0 saturated carbocycles. The molecule has 0 aliphatic carbocycles. The molecule has 1 aromatic rings. The average molecular weight is 231 g/mol. The summed E-state index contributed by atoms with van der Waals surface area (Å²) < 4.78 is 0. The average Bonchev–Trinajstić information content (AvgIpc) is 2.39. The van der Waals surface area contributed by atoms with Gasteiger partial charge in [-0.1, -0.05) is 6.42 Å². The summed E-state index contributed by atoms with van der Waals surface area (Å²) in [5.41, 5.74) is 7.91. The van der Waals surface area contributed by atoms with E-state index in [9.17, 15) is 0 Å². The van der Waals surface area contributed by atoms with Crippen molar-refractivity contribution in [3.05, 3.63) is 24.3 Å². The molecule has 2 aliphatic rings. The van der Waals surface area contributed by atoms with Crippen molar-refractivity contribution in [1.29, 1.82) is 0 Å². The van der Waals surface area contributed by atoms with Gasteiger partial charge in [-0.05, 0) is 43.7 Å². The number of anilines is 2. The molecule has 1 atom stereocenters. The summed E-state index contributed by atoms with van der Waals surface area (Å²) in [7, 11) is 0. The molecule has 3 rings (SSSR count). The van der Waals surface area contributed by atoms with E-state index in [0.717, 1.165) is 18.3 Å². The Kier molecular flexibility index (Phi) is 2.93. The minimum Gasteiger partial charge on any atom is -0.399 e. The van der Waals surface area contributed by atoms with Gasteiger partial charge in [-0.3, -0.25) is 4.90 Å². The number of nitrogens with two attached hydrogens (primary N) is 1. The molecular weight excluding hydrogens is 210 g/mol. The van der Waals surface area contributed by atoms with Crippen molar-refractivity contribution in [1.82, 2.24) is 4.90 Å². The van der Waals surface area contributed by atoms with Crippen LogP contribution in [0.4, 0.5) is 11.4 Å². The quantitative estimate of drug-likeness (QED) is 0.750. The van der Waals surface area contributed by atoms with Gasteiger partial charge >= 0.3 is 0 Å². The fourth-order valence-corrected chi connectivity index (χ4v) is 3.08. The van der Waals surface area contributed by atoms with Gasteiger partial charge in [0.2, 0.25) is 0 Å². The molecule has 2 aliphatic heterocycles. The largest absolute Gasteiger partial charge is 0.399 e. The number of hydrogen-bond donors (Lipinski definition) is 1. The summed E-state index contributed by atoms with van der Waals surface area (Å²) in [6.07, 6.45) is 4.15. The summed E-state index contributed by atoms with van der Waals surface area (Å²) in [5.74, 6) is 0. The lowest BCUT2D eigenvalue weighted by Crippen LogP contribution is -2.54. The fourth-order valence-electron chi connectivity index (χ4n) is 3.08. The third kappa shape index (κ3) is 2.25. The van der Waals surface area contributed by atoms with Crippen LogP contribution in [0.15, 0.2) is 24.3 Å². The lowest BCUT2D eigenvalue weighted by atomic mass is 9.99. The third-order valence-electron chi connectivity index (χ3n) is 4.10. The van der Waals surface area contributed by atoms with Crippen LogP contribution >= 0.6 is 0 Å². The van der Waals surface area contributed by atoms with E-state index in [0.29, 0.717) is 0 Å². The van der Waals surface area contributed by atoms with Gasteiger partial charge in [0.05, 0.1) is 0 Å². The highest BCUT2D eigenvalue weighted by atomic mass is 15.3. The topological polar surface area (TPSA) is 32.5 Å². The Labute approximate surface area is 103 Å². The lowest BCUT2D eigenvalue weighted by Gasteiger charge is -2.44. The zero-order valence-corrected chi connectivity index (χ0v) is 10.3. The highest BCUT2D eigenvalue weighted by molar-refractivity contribution is 5.53. The minimum atomic E-state index is 0.773. The van der Waals surface area contributed by atoms with E-state index in [1.54, 1.807) is 0 Å². The Hall–Kier alpha value is -1.22. The summed E-state index contributed by atoms with van der Waals surface area (Å²) >= 11 is 0. The number of fused-ring (bicyclic) bond motifs is 1. The zero-order chi connectivity index (χ0) is 11.7. The van der Waals surface area contributed by atoms with Gasteiger partial charge in [0.1, 0.15) is 0 Å². The maximum Gasteiger partial charge on any atom is 0.0368 e. The first-order chi connectivity index (χ1) is 8.33. The van der Waals surface area contributed by atoms with Crippen LogP contribution in [0.3, 0.4) is 0 Å². The summed E-state index contributed by atoms with van der Waals surface area (Å²) in [5, 5.41) is 0. The summed E-state index contributed by atoms with van der Waals surface area (Å²) in [4.78, 5) is 5.17. The Balaban J connectivity index is 1.71. The van der Waals surface area contributed by atoms with E-state index in [2.05, 4.69) is 21.9 Å². The molecule has 1 aromatic carbocycles. The van der Waals surface area contributed by atoms with Crippen LogP contribution < -0.4 is 10.6 Å². The van der Waals surface area contributed by atoms with Crippen molar-refractivity contribution in [2.24, 2.45) is 0 Å². The van der Waals surface area contributed by atoms with Gasteiger partial charge in [0.25, 0.3) is 0 Å². The molecule has 0 unspecified atom stereocenters. The fraction of sp³-hybridized carbons (Fsp3) is 0.571. The Morgan fingerprint density at radius 2 is 1.82 bits per heavy atom. The number of benzene rings is 1. The van der Waals surface area contributed by atoms with Crippen LogP contribution in [-0.2, 0) is 0 Å². The van der Waals surface area contributed by atoms with E-state index >= 15 is 0 Å². The second-order valence-electron chi connectivity index (χ2n) is 5.22. The summed E-state index contributed by atoms with van der Waals surface area (Å²) in [6.45, 7) is 4.86. The number of nitrogen functional groups attached to an aromatic ring is 1. The predicted octanol–water partition coefficient (Wildman–Crippen LogP) is 1.94. The predicted molar refractivity (Wildman–Crippen MR) is 72.3 cm³/mol. The van der Waals surface area contributed by atoms with Crippen molar-refractivity contribution in [2.45, 2.75) is 25.3 Å². The molecule has 17 heavy (non-hydrogen) atoms. The lowest BCUT2D eigenvalue weighted by molar-refractivity contribution is 0.133. The first-order valence-corrected chi connectivity index (χ1v) is 6.67. The maximum atomic E-state index is 5.74. The van der Waals surface area contributed by atoms with Crippen LogP contribution in [0, 0.1) is 0 Å². The van der Waals surface area contributed by atoms with Gasteiger partial charge < -0.3 is 10.6 Å². The first-order valence-electron chi connectivity index (χ1n) is 6.67. The highest BCUT2D eigenvalue weighted by Crippen LogP contribution is 2.25. The second-order valence-corrected chi connectivity index (χ2v) is 5.22. The van der Waals surface area contributed by atoms with Gasteiger partial charge in [-0.15, -0.1) is 0 Å². The number of piperidine rings is 1. The molecule has 92 valence electrons. The molecule has 0 aromatic heterocycles. The monoisotopic (exact) mass is 231 g/mol. The van der Waals surface area contributed by atoms with Gasteiger partial charge in [-0.2, -0.15) is 0 Å². The molecule has 0 spiro atoms. The van der Waals surface area contributed by atoms with E-state index in [-0.39, 0.29) is 0 Å². The van der Waals surface area contributed by atoms with Gasteiger partial charge in [-0.25, -0.2) is 0 Å². The Morgan fingerprint density at radius 1 is 1.00 bits per heavy atom. The molecule has 2 heterocycles. The van der Waals surface area contributed by atoms with Gasteiger partial charge in [0, 0.05) is 37.1 Å². The maximum absolute atomic E-state index is 5.74. The number of nitrogens with zero attached hydrogens (tertiary/aromatic N) is 2. The molecule has 3 heteroatoms. The van der Waals surface area contributed by atoms with Crippen LogP contribution in [-0.4, -0.2) is 37.1 Å². The van der Waals surface area contributed by atoms with Crippen molar-refractivity contribution in [3.63, 3.8) is 0 Å². The van der Waals surface area contributed by atoms with E-state index < -0.39 is 0 Å². The van der Waals surface area contributed by atoms with Crippen LogP contribution in [0.5, 0.6) is 0 Å². The van der Waals surface area contributed by atoms with Crippen molar-refractivity contribution in [2.75, 3.05) is 36.8 Å². The normalized spacial score (nSPS) is 25.6. The molecule has 2 fully saturated rings. The molecule has 2 N–H and O–H groups in total. The second kappa shape index (κ2) is 4.57. The SMILES string of the molecule is Nc1ccc(N2CCN3CCCC[C@@H]3C2)cc1. The zero-order valence-electron chi connectivity index (χ0n) is 10.3. The number of hydrogen-bond acceptors (Lipinski definition) is 3. The summed E-state index contributed by atoms with van der Waals surface area (Å²) in [6, 6.07) is 9.07. The Bertz CT molecular complexity index is 374. The minimum absolute atomic E-state index is 0.773. The number of piperazine rings is 1. The third-order valence-corrected chi connectivity index (χ3v) is 4.10. The van der Waals surface area contributed by atoms with Crippen LogP contribution in [0.1, 0.15) is 19.3 Å². The van der Waals surface area contributed by atoms with Gasteiger partial charge in [0.15, 0.2) is 0 Å². The van der Waals surface area contributed by atoms with Crippen molar-refractivity contribution >= 4 is 11.4 Å². The van der Waals surface area contributed by atoms with E-state index in [1.165, 1.54) is 44.6 Å². The first kappa shape index (κ1) is 10.9. The van der Waals surface area contributed by atoms with Crippen LogP contribution in [0.25, 0.3) is 0 Å². The molecular formula is C14H21N3. The van der Waals surface area contributed by atoms with Crippen molar-refractivity contribution < 1.29 is 0 Å². The molecule has 0 bridgehead atoms.